The minimum atomic E-state index is -0.157. The van der Waals surface area contributed by atoms with E-state index in [9.17, 15) is 0 Å². The molecule has 74 heavy (non-hydrogen) atoms. The summed E-state index contributed by atoms with van der Waals surface area (Å²) in [5, 5.41) is 4.06. The number of hydrogen-bond donors (Lipinski definition) is 0. The van der Waals surface area contributed by atoms with Gasteiger partial charge in [-0.25, -0.2) is 0 Å². The smallest absolute Gasteiger partial charge is 0.260 e. The first-order chi connectivity index (χ1) is 36.3. The molecule has 0 spiro atoms. The molecule has 0 aliphatic carbocycles. The quantitative estimate of drug-likeness (QED) is 0.155. The lowest BCUT2D eigenvalue weighted by molar-refractivity contribution is 0.456. The Morgan fingerprint density at radius 3 is 1.01 bits per heavy atom. The van der Waals surface area contributed by atoms with Gasteiger partial charge in [0, 0.05) is 61.9 Å². The summed E-state index contributed by atoms with van der Waals surface area (Å²) in [5.74, 6) is 6.40. The third-order valence-electron chi connectivity index (χ3n) is 15.5. The Kier molecular flexibility index (Phi) is 9.31. The van der Waals surface area contributed by atoms with E-state index >= 15 is 0 Å². The van der Waals surface area contributed by atoms with E-state index in [2.05, 4.69) is 244 Å². The van der Waals surface area contributed by atoms with Crippen LogP contribution in [0.1, 0.15) is 22.3 Å². The molecule has 11 aromatic carbocycles. The monoisotopic (exact) mass is 952 g/mol. The lowest BCUT2D eigenvalue weighted by Crippen LogP contribution is -2.61. The van der Waals surface area contributed by atoms with Crippen LogP contribution in [0.25, 0.3) is 21.5 Å². The zero-order chi connectivity index (χ0) is 49.3. The van der Waals surface area contributed by atoms with Crippen LogP contribution in [0, 0.1) is 27.7 Å². The molecule has 0 saturated carbocycles. The molecule has 4 aliphatic rings. The van der Waals surface area contributed by atoms with Gasteiger partial charge in [0.1, 0.15) is 46.0 Å². The maximum atomic E-state index is 7.30. The normalized spacial score (nSPS) is 13.0. The Morgan fingerprint density at radius 2 is 0.635 bits per heavy atom. The number of hydrogen-bond acceptors (Lipinski definition) is 6. The fraction of sp³-hybridized carbons (Fsp3) is 0.0606. The minimum absolute atomic E-state index is 0.157. The summed E-state index contributed by atoms with van der Waals surface area (Å²) in [6.45, 7) is 8.19. The van der Waals surface area contributed by atoms with Crippen molar-refractivity contribution in [2.75, 3.05) is 9.80 Å². The van der Waals surface area contributed by atoms with E-state index in [1.165, 1.54) is 22.3 Å². The summed E-state index contributed by atoms with van der Waals surface area (Å²) in [4.78, 5) is 4.63. The van der Waals surface area contributed by atoms with Crippen molar-refractivity contribution in [1.29, 1.82) is 0 Å². The number of para-hydroxylation sites is 2. The van der Waals surface area contributed by atoms with Crippen LogP contribution in [0.15, 0.2) is 206 Å². The first kappa shape index (κ1) is 42.5. The van der Waals surface area contributed by atoms with Gasteiger partial charge >= 0.3 is 0 Å². The predicted octanol–water partition coefficient (Wildman–Crippen LogP) is 13.6. The van der Waals surface area contributed by atoms with Crippen molar-refractivity contribution in [3.8, 4) is 46.0 Å². The molecule has 8 heteroatoms. The van der Waals surface area contributed by atoms with Gasteiger partial charge < -0.3 is 28.7 Å². The molecule has 0 saturated heterocycles. The molecular formula is C66H46B2N2O4. The molecule has 11 aromatic rings. The van der Waals surface area contributed by atoms with Gasteiger partial charge in [-0.2, -0.15) is 0 Å². The molecule has 350 valence electrons. The summed E-state index contributed by atoms with van der Waals surface area (Å²) in [5.41, 5.74) is 17.7. The topological polar surface area (TPSA) is 43.4 Å². The van der Waals surface area contributed by atoms with Crippen LogP contribution >= 0.6 is 0 Å². The lowest BCUT2D eigenvalue weighted by Gasteiger charge is -2.37. The van der Waals surface area contributed by atoms with Crippen molar-refractivity contribution in [2.45, 2.75) is 27.7 Å². The van der Waals surface area contributed by atoms with Crippen LogP contribution in [-0.4, -0.2) is 13.4 Å². The van der Waals surface area contributed by atoms with Crippen molar-refractivity contribution < 1.29 is 18.9 Å². The van der Waals surface area contributed by atoms with E-state index in [1.54, 1.807) is 0 Å². The van der Waals surface area contributed by atoms with Gasteiger partial charge in [-0.15, -0.1) is 0 Å². The molecule has 4 heterocycles. The molecule has 0 radical (unpaired) electrons. The molecule has 6 nitrogen and oxygen atoms in total. The largest absolute Gasteiger partial charge is 0.458 e. The predicted molar refractivity (Wildman–Crippen MR) is 305 cm³/mol. The summed E-state index contributed by atoms with van der Waals surface area (Å²) in [6, 6.07) is 74.0. The lowest BCUT2D eigenvalue weighted by atomic mass is 9.31. The Labute approximate surface area is 430 Å². The summed E-state index contributed by atoms with van der Waals surface area (Å²) in [6.07, 6.45) is 0. The fourth-order valence-corrected chi connectivity index (χ4v) is 11.8. The average Bonchev–Trinajstić information content (AvgIpc) is 3.44. The molecule has 0 amide bonds. The number of fused-ring (bicyclic) bond motifs is 12. The minimum Gasteiger partial charge on any atom is -0.458 e. The first-order valence-corrected chi connectivity index (χ1v) is 25.4. The molecule has 0 aromatic heterocycles. The van der Waals surface area contributed by atoms with Crippen LogP contribution in [0.5, 0.6) is 46.0 Å². The van der Waals surface area contributed by atoms with Gasteiger partial charge in [0.25, 0.3) is 13.4 Å². The molecule has 0 unspecified atom stereocenters. The number of rotatable bonds is 6. The maximum absolute atomic E-state index is 7.30. The highest BCUT2D eigenvalue weighted by molar-refractivity contribution is 7.01. The second-order valence-electron chi connectivity index (χ2n) is 20.3. The van der Waals surface area contributed by atoms with Crippen LogP contribution in [-0.2, 0) is 0 Å². The Bertz CT molecular complexity index is 3780. The van der Waals surface area contributed by atoms with E-state index in [4.69, 9.17) is 18.9 Å². The van der Waals surface area contributed by atoms with Crippen LogP contribution < -0.4 is 61.5 Å². The van der Waals surface area contributed by atoms with Gasteiger partial charge in [-0.05, 0) is 170 Å². The van der Waals surface area contributed by atoms with E-state index in [0.717, 1.165) is 134 Å². The van der Waals surface area contributed by atoms with E-state index in [1.807, 2.05) is 0 Å². The average molecular weight is 953 g/mol. The second kappa shape index (κ2) is 16.2. The van der Waals surface area contributed by atoms with E-state index in [0.29, 0.717) is 0 Å². The Hall–Kier alpha value is -9.13. The van der Waals surface area contributed by atoms with Crippen LogP contribution in [0.4, 0.5) is 34.1 Å². The van der Waals surface area contributed by atoms with Gasteiger partial charge in [-0.3, -0.25) is 0 Å². The van der Waals surface area contributed by atoms with Crippen molar-refractivity contribution in [1.82, 2.24) is 0 Å². The number of nitrogens with zero attached hydrogens (tertiary/aromatic N) is 2. The standard InChI is InChI=1S/C66H46B2N2O4/c1-39-13-21-45(22-14-39)69(46-23-15-40(2)16-24-46)49-29-31-51-43(33-49)35-61-63-65(51)73-59-38-60-56(37-55(59)67(63)53-9-5-7-11-57(53)71-61)68-54-10-6-8-12-58(54)72-62-36-44-34-50(30-32-52(44)66(74-60)64(62)68)70(47-25-17-41(3)18-26-47)48-27-19-42(4)20-28-48/h5-38H,1-4H3. The Balaban J connectivity index is 0.894. The third kappa shape index (κ3) is 6.61. The number of aryl methyl sites for hydroxylation is 4. The van der Waals surface area contributed by atoms with Gasteiger partial charge in [0.2, 0.25) is 0 Å². The van der Waals surface area contributed by atoms with Crippen molar-refractivity contribution in [3.05, 3.63) is 229 Å². The molecule has 0 N–H and O–H groups in total. The number of benzene rings is 11. The van der Waals surface area contributed by atoms with Gasteiger partial charge in [-0.1, -0.05) is 113 Å². The van der Waals surface area contributed by atoms with Crippen molar-refractivity contribution >= 4 is 102 Å². The summed E-state index contributed by atoms with van der Waals surface area (Å²) < 4.78 is 28.4. The second-order valence-corrected chi connectivity index (χ2v) is 20.3. The Morgan fingerprint density at radius 1 is 0.284 bits per heavy atom. The highest BCUT2D eigenvalue weighted by Crippen LogP contribution is 2.47. The zero-order valence-corrected chi connectivity index (χ0v) is 41.3. The molecule has 0 atom stereocenters. The van der Waals surface area contributed by atoms with Crippen molar-refractivity contribution in [3.63, 3.8) is 0 Å². The maximum Gasteiger partial charge on any atom is 0.260 e. The van der Waals surface area contributed by atoms with E-state index in [-0.39, 0.29) is 13.4 Å². The summed E-state index contributed by atoms with van der Waals surface area (Å²) in [7, 11) is 0. The summed E-state index contributed by atoms with van der Waals surface area (Å²) >= 11 is 0. The first-order valence-electron chi connectivity index (χ1n) is 25.4. The van der Waals surface area contributed by atoms with Gasteiger partial charge in [0.05, 0.1) is 0 Å². The van der Waals surface area contributed by atoms with E-state index < -0.39 is 0 Å². The highest BCUT2D eigenvalue weighted by Gasteiger charge is 2.46. The van der Waals surface area contributed by atoms with Crippen molar-refractivity contribution in [2.24, 2.45) is 0 Å². The molecule has 0 fully saturated rings. The molecular weight excluding hydrogens is 906 g/mol. The molecule has 15 rings (SSSR count). The third-order valence-corrected chi connectivity index (χ3v) is 15.5. The van der Waals surface area contributed by atoms with Crippen LogP contribution in [0.2, 0.25) is 0 Å². The SMILES string of the molecule is Cc1ccc(N(c2ccc(C)cc2)c2ccc3c4c5c(cc3c2)Oc2ccccc2B5c2cc3c(cc2O4)Oc2c4c(cc5cc(N(c6ccc(C)cc6)c6ccc(C)cc6)ccc25)Oc2ccccc2B34)cc1. The van der Waals surface area contributed by atoms with Crippen LogP contribution in [0.3, 0.4) is 0 Å². The number of anilines is 6. The fourth-order valence-electron chi connectivity index (χ4n) is 11.8. The molecule has 4 aliphatic heterocycles. The number of ether oxygens (including phenoxy) is 4. The zero-order valence-electron chi connectivity index (χ0n) is 41.3. The van der Waals surface area contributed by atoms with Gasteiger partial charge in [0.15, 0.2) is 0 Å². The highest BCUT2D eigenvalue weighted by atomic mass is 16.5. The molecule has 0 bridgehead atoms.